The van der Waals surface area contributed by atoms with Gasteiger partial charge < -0.3 is 19.2 Å². The van der Waals surface area contributed by atoms with Gasteiger partial charge in [0.2, 0.25) is 0 Å². The molecule has 1 aliphatic carbocycles. The van der Waals surface area contributed by atoms with Gasteiger partial charge in [0.25, 0.3) is 11.8 Å². The van der Waals surface area contributed by atoms with Crippen LogP contribution in [0.5, 0.6) is 5.75 Å². The minimum absolute atomic E-state index is 0.178. The maximum atomic E-state index is 12.8. The van der Waals surface area contributed by atoms with E-state index in [1.165, 1.54) is 23.8 Å². The highest BCUT2D eigenvalue weighted by molar-refractivity contribution is 5.91. The van der Waals surface area contributed by atoms with Crippen molar-refractivity contribution in [2.45, 2.75) is 65.5 Å². The van der Waals surface area contributed by atoms with Gasteiger partial charge in [-0.25, -0.2) is 10.2 Å². The Labute approximate surface area is 240 Å². The summed E-state index contributed by atoms with van der Waals surface area (Å²) >= 11 is 0. The summed E-state index contributed by atoms with van der Waals surface area (Å²) in [6, 6.07) is 15.5. The number of hydrazone groups is 1. The molecule has 1 atom stereocenters. The molecule has 2 aromatic carbocycles. The SMILES string of the molecule is CC(C)OC(=O)c1cccc(-c2ccc(/C=N\NC(=O)[C@@H](NC(=O)COc3ccc4c(c3)CCCC4)C(C)C)o2)c1. The van der Waals surface area contributed by atoms with Crippen molar-refractivity contribution in [3.05, 3.63) is 77.0 Å². The molecule has 0 unspecified atom stereocenters. The van der Waals surface area contributed by atoms with E-state index in [0.29, 0.717) is 28.4 Å². The summed E-state index contributed by atoms with van der Waals surface area (Å²) in [4.78, 5) is 37.6. The van der Waals surface area contributed by atoms with Gasteiger partial charge in [-0.05, 0) is 93.0 Å². The lowest BCUT2D eigenvalue weighted by molar-refractivity contribution is -0.131. The van der Waals surface area contributed by atoms with Gasteiger partial charge in [-0.1, -0.05) is 32.0 Å². The molecule has 9 heteroatoms. The van der Waals surface area contributed by atoms with Crippen molar-refractivity contribution >= 4 is 24.0 Å². The van der Waals surface area contributed by atoms with Gasteiger partial charge in [0, 0.05) is 5.56 Å². The first-order chi connectivity index (χ1) is 19.7. The zero-order valence-electron chi connectivity index (χ0n) is 23.9. The molecule has 1 aromatic heterocycles. The van der Waals surface area contributed by atoms with Gasteiger partial charge in [-0.3, -0.25) is 9.59 Å². The van der Waals surface area contributed by atoms with E-state index < -0.39 is 23.8 Å². The van der Waals surface area contributed by atoms with Crippen LogP contribution in [-0.2, 0) is 27.2 Å². The van der Waals surface area contributed by atoms with E-state index in [1.807, 2.05) is 32.0 Å². The van der Waals surface area contributed by atoms with Gasteiger partial charge in [0.05, 0.1) is 17.9 Å². The first-order valence-corrected chi connectivity index (χ1v) is 14.0. The number of nitrogens with one attached hydrogen (secondary N) is 2. The second-order valence-electron chi connectivity index (χ2n) is 10.7. The minimum Gasteiger partial charge on any atom is -0.484 e. The molecule has 2 amide bonds. The molecule has 0 saturated carbocycles. The minimum atomic E-state index is -0.799. The fourth-order valence-electron chi connectivity index (χ4n) is 4.59. The zero-order chi connectivity index (χ0) is 29.4. The molecule has 0 aliphatic heterocycles. The number of carbonyl (C=O) groups excluding carboxylic acids is 3. The van der Waals surface area contributed by atoms with Crippen LogP contribution in [0.4, 0.5) is 0 Å². The summed E-state index contributed by atoms with van der Waals surface area (Å²) in [5.74, 6) is 0.146. The van der Waals surface area contributed by atoms with Crippen molar-refractivity contribution in [1.82, 2.24) is 10.7 Å². The van der Waals surface area contributed by atoms with E-state index in [4.69, 9.17) is 13.9 Å². The summed E-state index contributed by atoms with van der Waals surface area (Å²) in [7, 11) is 0. The molecule has 41 heavy (non-hydrogen) atoms. The lowest BCUT2D eigenvalue weighted by Gasteiger charge is -2.21. The normalized spacial score (nSPS) is 13.6. The van der Waals surface area contributed by atoms with Crippen molar-refractivity contribution < 1.29 is 28.3 Å². The number of rotatable bonds is 11. The smallest absolute Gasteiger partial charge is 0.338 e. The Balaban J connectivity index is 1.30. The van der Waals surface area contributed by atoms with Gasteiger partial charge in [-0.15, -0.1) is 0 Å². The molecule has 4 rings (SSSR count). The van der Waals surface area contributed by atoms with Crippen LogP contribution < -0.4 is 15.5 Å². The molecule has 0 fully saturated rings. The molecule has 0 radical (unpaired) electrons. The molecule has 1 aliphatic rings. The molecule has 0 spiro atoms. The van der Waals surface area contributed by atoms with Crippen LogP contribution in [0.25, 0.3) is 11.3 Å². The molecule has 0 saturated heterocycles. The van der Waals surface area contributed by atoms with Gasteiger partial charge in [0.15, 0.2) is 6.61 Å². The maximum Gasteiger partial charge on any atom is 0.338 e. The molecule has 2 N–H and O–H groups in total. The number of carbonyl (C=O) groups is 3. The standard InChI is InChI=1S/C32H37N3O6/c1-20(2)30(34-29(36)19-39-26-13-12-22-8-5-6-9-23(22)17-26)31(37)35-33-18-27-14-15-28(41-27)24-10-7-11-25(16-24)32(38)40-21(3)4/h7,10-18,20-21,30H,5-6,8-9,19H2,1-4H3,(H,34,36)(H,35,37)/b33-18-/t30-/m0/s1. The van der Waals surface area contributed by atoms with Crippen LogP contribution in [-0.4, -0.2) is 42.8 Å². The van der Waals surface area contributed by atoms with Crippen LogP contribution >= 0.6 is 0 Å². The fourth-order valence-corrected chi connectivity index (χ4v) is 4.59. The number of nitrogens with zero attached hydrogens (tertiary/aromatic N) is 1. The first kappa shape index (κ1) is 29.6. The van der Waals surface area contributed by atoms with Crippen molar-refractivity contribution in [1.29, 1.82) is 0 Å². The number of esters is 1. The van der Waals surface area contributed by atoms with E-state index in [2.05, 4.69) is 21.9 Å². The second kappa shape index (κ2) is 13.8. The number of furan rings is 1. The third kappa shape index (κ3) is 8.30. The first-order valence-electron chi connectivity index (χ1n) is 14.0. The Morgan fingerprint density at radius 1 is 0.976 bits per heavy atom. The van der Waals surface area contributed by atoms with Gasteiger partial charge >= 0.3 is 5.97 Å². The average molecular weight is 560 g/mol. The molecule has 0 bridgehead atoms. The Morgan fingerprint density at radius 3 is 2.51 bits per heavy atom. The monoisotopic (exact) mass is 559 g/mol. The van der Waals surface area contributed by atoms with E-state index in [1.54, 1.807) is 44.2 Å². The van der Waals surface area contributed by atoms with E-state index in [-0.39, 0.29) is 18.6 Å². The Morgan fingerprint density at radius 2 is 1.76 bits per heavy atom. The number of amides is 2. The van der Waals surface area contributed by atoms with Crippen molar-refractivity contribution in [3.63, 3.8) is 0 Å². The van der Waals surface area contributed by atoms with Crippen molar-refractivity contribution in [3.8, 4) is 17.1 Å². The fraction of sp³-hybridized carbons (Fsp3) is 0.375. The second-order valence-corrected chi connectivity index (χ2v) is 10.7. The van der Waals surface area contributed by atoms with Crippen LogP contribution in [0.3, 0.4) is 0 Å². The molecule has 3 aromatic rings. The Hall–Kier alpha value is -4.40. The Kier molecular flexibility index (Phi) is 9.95. The van der Waals surface area contributed by atoms with Crippen LogP contribution in [0.1, 0.15) is 67.8 Å². The van der Waals surface area contributed by atoms with E-state index in [9.17, 15) is 14.4 Å². The highest BCUT2D eigenvalue weighted by Crippen LogP contribution is 2.25. The molecular weight excluding hydrogens is 522 g/mol. The topological polar surface area (TPSA) is 119 Å². The number of hydrogen-bond acceptors (Lipinski definition) is 7. The molecule has 216 valence electrons. The highest BCUT2D eigenvalue weighted by atomic mass is 16.5. The predicted octanol–water partition coefficient (Wildman–Crippen LogP) is 5.06. The lowest BCUT2D eigenvalue weighted by atomic mass is 9.92. The third-order valence-corrected chi connectivity index (χ3v) is 6.67. The molecule has 1 heterocycles. The Bertz CT molecular complexity index is 1410. The van der Waals surface area contributed by atoms with Crippen LogP contribution in [0.2, 0.25) is 0 Å². The van der Waals surface area contributed by atoms with Crippen LogP contribution in [0.15, 0.2) is 64.1 Å². The highest BCUT2D eigenvalue weighted by Gasteiger charge is 2.24. The number of hydrogen-bond donors (Lipinski definition) is 2. The molecule has 9 nitrogen and oxygen atoms in total. The summed E-state index contributed by atoms with van der Waals surface area (Å²) in [5, 5.41) is 6.74. The largest absolute Gasteiger partial charge is 0.484 e. The maximum absolute atomic E-state index is 12.8. The quantitative estimate of drug-likeness (QED) is 0.193. The summed E-state index contributed by atoms with van der Waals surface area (Å²) in [6.07, 6.45) is 5.62. The van der Waals surface area contributed by atoms with Gasteiger partial charge in [-0.2, -0.15) is 5.10 Å². The lowest BCUT2D eigenvalue weighted by Crippen LogP contribution is -2.49. The molecular formula is C32H37N3O6. The number of ether oxygens (including phenoxy) is 2. The number of fused-ring (bicyclic) bond motifs is 1. The average Bonchev–Trinajstić information content (AvgIpc) is 3.43. The van der Waals surface area contributed by atoms with Crippen molar-refractivity contribution in [2.24, 2.45) is 11.0 Å². The third-order valence-electron chi connectivity index (χ3n) is 6.67. The van der Waals surface area contributed by atoms with Crippen molar-refractivity contribution in [2.75, 3.05) is 6.61 Å². The number of aryl methyl sites for hydroxylation is 2. The summed E-state index contributed by atoms with van der Waals surface area (Å²) in [5.41, 5.74) is 6.21. The zero-order valence-corrected chi connectivity index (χ0v) is 23.9. The van der Waals surface area contributed by atoms with Gasteiger partial charge in [0.1, 0.15) is 23.3 Å². The van der Waals surface area contributed by atoms with Crippen LogP contribution in [0, 0.1) is 5.92 Å². The summed E-state index contributed by atoms with van der Waals surface area (Å²) in [6.45, 7) is 7.07. The summed E-state index contributed by atoms with van der Waals surface area (Å²) < 4.78 is 16.8. The predicted molar refractivity (Wildman–Crippen MR) is 156 cm³/mol. The number of benzene rings is 2. The van der Waals surface area contributed by atoms with E-state index >= 15 is 0 Å². The van der Waals surface area contributed by atoms with E-state index in [0.717, 1.165) is 19.3 Å².